The maximum Gasteiger partial charge on any atom is 0.126 e. The predicted octanol–water partition coefficient (Wildman–Crippen LogP) is 3.73. The molecule has 0 aliphatic rings. The van der Waals surface area contributed by atoms with E-state index in [2.05, 4.69) is 19.2 Å². The van der Waals surface area contributed by atoms with Gasteiger partial charge in [0.25, 0.3) is 0 Å². The van der Waals surface area contributed by atoms with Gasteiger partial charge in [-0.3, -0.25) is 0 Å². The standard InChI is InChI=1S/C16H26FNO/c1-3-10-18-13-14(9-12-19-11-4-2)15-7-5-6-8-16(15)17/h5-8,14,18H,3-4,9-13H2,1-2H3. The molecule has 108 valence electrons. The number of benzene rings is 1. The first-order chi connectivity index (χ1) is 9.29. The summed E-state index contributed by atoms with van der Waals surface area (Å²) in [5.41, 5.74) is 0.797. The van der Waals surface area contributed by atoms with E-state index in [4.69, 9.17) is 4.74 Å². The van der Waals surface area contributed by atoms with Gasteiger partial charge in [-0.15, -0.1) is 0 Å². The number of ether oxygens (including phenoxy) is 1. The van der Waals surface area contributed by atoms with E-state index in [1.807, 2.05) is 12.1 Å². The lowest BCUT2D eigenvalue weighted by Crippen LogP contribution is -2.24. The molecular weight excluding hydrogens is 241 g/mol. The molecule has 0 aliphatic carbocycles. The summed E-state index contributed by atoms with van der Waals surface area (Å²) >= 11 is 0. The van der Waals surface area contributed by atoms with Gasteiger partial charge in [-0.2, -0.15) is 0 Å². The number of hydrogen-bond acceptors (Lipinski definition) is 2. The average molecular weight is 267 g/mol. The van der Waals surface area contributed by atoms with Crippen LogP contribution in [0.25, 0.3) is 0 Å². The van der Waals surface area contributed by atoms with Gasteiger partial charge in [0.1, 0.15) is 5.82 Å². The van der Waals surface area contributed by atoms with Crippen LogP contribution in [0.4, 0.5) is 4.39 Å². The molecule has 0 radical (unpaired) electrons. The van der Waals surface area contributed by atoms with Gasteiger partial charge in [-0.05, 0) is 37.4 Å². The van der Waals surface area contributed by atoms with Crippen LogP contribution in [0.5, 0.6) is 0 Å². The maximum absolute atomic E-state index is 13.9. The molecule has 1 aromatic rings. The van der Waals surface area contributed by atoms with Crippen molar-refractivity contribution >= 4 is 0 Å². The fourth-order valence-electron chi connectivity index (χ4n) is 2.10. The van der Waals surface area contributed by atoms with Crippen molar-refractivity contribution in [2.75, 3.05) is 26.3 Å². The first-order valence-electron chi connectivity index (χ1n) is 7.32. The highest BCUT2D eigenvalue weighted by atomic mass is 19.1. The first kappa shape index (κ1) is 16.1. The molecule has 1 aromatic carbocycles. The SMILES string of the molecule is CCCNCC(CCOCCC)c1ccccc1F. The van der Waals surface area contributed by atoms with Crippen molar-refractivity contribution < 1.29 is 9.13 Å². The van der Waals surface area contributed by atoms with Crippen LogP contribution in [-0.4, -0.2) is 26.3 Å². The lowest BCUT2D eigenvalue weighted by atomic mass is 9.95. The molecule has 0 amide bonds. The molecule has 2 nitrogen and oxygen atoms in total. The summed E-state index contributed by atoms with van der Waals surface area (Å²) in [6.07, 6.45) is 2.98. The molecule has 3 heteroatoms. The number of hydrogen-bond donors (Lipinski definition) is 1. The Bertz CT molecular complexity index is 343. The average Bonchev–Trinajstić information content (AvgIpc) is 2.42. The Hall–Kier alpha value is -0.930. The summed E-state index contributed by atoms with van der Waals surface area (Å²) in [5.74, 6) is 0.0749. The first-order valence-corrected chi connectivity index (χ1v) is 7.32. The number of nitrogens with one attached hydrogen (secondary N) is 1. The molecule has 1 N–H and O–H groups in total. The van der Waals surface area contributed by atoms with Crippen LogP contribution in [0.15, 0.2) is 24.3 Å². The molecular formula is C16H26FNO. The fraction of sp³-hybridized carbons (Fsp3) is 0.625. The second-order valence-corrected chi connectivity index (χ2v) is 4.82. The van der Waals surface area contributed by atoms with Crippen LogP contribution in [0, 0.1) is 5.82 Å². The third-order valence-electron chi connectivity index (χ3n) is 3.12. The molecule has 0 heterocycles. The highest BCUT2D eigenvalue weighted by Gasteiger charge is 2.14. The van der Waals surface area contributed by atoms with Gasteiger partial charge >= 0.3 is 0 Å². The van der Waals surface area contributed by atoms with Crippen molar-refractivity contribution in [3.05, 3.63) is 35.6 Å². The van der Waals surface area contributed by atoms with Gasteiger partial charge in [-0.25, -0.2) is 4.39 Å². The Morgan fingerprint density at radius 2 is 1.95 bits per heavy atom. The normalized spacial score (nSPS) is 12.6. The van der Waals surface area contributed by atoms with Crippen molar-refractivity contribution in [1.82, 2.24) is 5.32 Å². The molecule has 0 bridgehead atoms. The van der Waals surface area contributed by atoms with Crippen molar-refractivity contribution in [2.24, 2.45) is 0 Å². The van der Waals surface area contributed by atoms with Crippen molar-refractivity contribution in [2.45, 2.75) is 39.0 Å². The van der Waals surface area contributed by atoms with E-state index in [9.17, 15) is 4.39 Å². The van der Waals surface area contributed by atoms with Crippen molar-refractivity contribution in [3.63, 3.8) is 0 Å². The molecule has 0 fully saturated rings. The number of rotatable bonds is 10. The molecule has 0 saturated heterocycles. The van der Waals surface area contributed by atoms with Gasteiger partial charge in [0.05, 0.1) is 0 Å². The molecule has 0 aliphatic heterocycles. The third kappa shape index (κ3) is 6.17. The molecule has 0 saturated carbocycles. The van der Waals surface area contributed by atoms with Crippen LogP contribution in [0.1, 0.15) is 44.6 Å². The Labute approximate surface area is 116 Å². The monoisotopic (exact) mass is 267 g/mol. The second-order valence-electron chi connectivity index (χ2n) is 4.82. The summed E-state index contributed by atoms with van der Waals surface area (Å²) in [6, 6.07) is 7.06. The molecule has 0 spiro atoms. The number of halogens is 1. The van der Waals surface area contributed by atoms with Crippen LogP contribution >= 0.6 is 0 Å². The molecule has 1 rings (SSSR count). The van der Waals surface area contributed by atoms with Gasteiger partial charge in [0, 0.05) is 25.7 Å². The van der Waals surface area contributed by atoms with Crippen molar-refractivity contribution in [1.29, 1.82) is 0 Å². The summed E-state index contributed by atoms with van der Waals surface area (Å²) in [7, 11) is 0. The second kappa shape index (κ2) is 9.93. The zero-order chi connectivity index (χ0) is 13.9. The van der Waals surface area contributed by atoms with E-state index in [1.54, 1.807) is 6.07 Å². The van der Waals surface area contributed by atoms with Gasteiger partial charge in [0.15, 0.2) is 0 Å². The minimum absolute atomic E-state index is 0.110. The van der Waals surface area contributed by atoms with E-state index in [0.29, 0.717) is 6.61 Å². The molecule has 1 unspecified atom stereocenters. The summed E-state index contributed by atoms with van der Waals surface area (Å²) < 4.78 is 19.4. The van der Waals surface area contributed by atoms with Crippen LogP contribution in [-0.2, 0) is 4.74 Å². The summed E-state index contributed by atoms with van der Waals surface area (Å²) in [5, 5.41) is 3.38. The largest absolute Gasteiger partial charge is 0.381 e. The summed E-state index contributed by atoms with van der Waals surface area (Å²) in [4.78, 5) is 0. The van der Waals surface area contributed by atoms with Crippen LogP contribution in [0.3, 0.4) is 0 Å². The van der Waals surface area contributed by atoms with E-state index >= 15 is 0 Å². The molecule has 0 aromatic heterocycles. The van der Waals surface area contributed by atoms with E-state index in [1.165, 1.54) is 6.07 Å². The third-order valence-corrected chi connectivity index (χ3v) is 3.12. The van der Waals surface area contributed by atoms with E-state index < -0.39 is 0 Å². The molecule has 1 atom stereocenters. The summed E-state index contributed by atoms with van der Waals surface area (Å²) in [6.45, 7) is 7.49. The minimum atomic E-state index is -0.110. The topological polar surface area (TPSA) is 21.3 Å². The Morgan fingerprint density at radius 3 is 2.63 bits per heavy atom. The Morgan fingerprint density at radius 1 is 1.16 bits per heavy atom. The maximum atomic E-state index is 13.9. The van der Waals surface area contributed by atoms with E-state index in [0.717, 1.165) is 44.5 Å². The quantitative estimate of drug-likeness (QED) is 0.652. The van der Waals surface area contributed by atoms with E-state index in [-0.39, 0.29) is 11.7 Å². The smallest absolute Gasteiger partial charge is 0.126 e. The van der Waals surface area contributed by atoms with Crippen LogP contribution < -0.4 is 5.32 Å². The predicted molar refractivity (Wildman–Crippen MR) is 78.0 cm³/mol. The highest BCUT2D eigenvalue weighted by molar-refractivity contribution is 5.22. The lowest BCUT2D eigenvalue weighted by molar-refractivity contribution is 0.127. The zero-order valence-corrected chi connectivity index (χ0v) is 12.1. The van der Waals surface area contributed by atoms with Gasteiger partial charge in [0.2, 0.25) is 0 Å². The fourth-order valence-corrected chi connectivity index (χ4v) is 2.10. The van der Waals surface area contributed by atoms with Gasteiger partial charge in [-0.1, -0.05) is 32.0 Å². The van der Waals surface area contributed by atoms with Crippen molar-refractivity contribution in [3.8, 4) is 0 Å². The minimum Gasteiger partial charge on any atom is -0.381 e. The van der Waals surface area contributed by atoms with Crippen LogP contribution in [0.2, 0.25) is 0 Å². The Kier molecular flexibility index (Phi) is 8.43. The van der Waals surface area contributed by atoms with Gasteiger partial charge < -0.3 is 10.1 Å². The molecule has 19 heavy (non-hydrogen) atoms. The zero-order valence-electron chi connectivity index (χ0n) is 12.1. The Balaban J connectivity index is 2.55. The highest BCUT2D eigenvalue weighted by Crippen LogP contribution is 2.22. The lowest BCUT2D eigenvalue weighted by Gasteiger charge is -2.18.